The van der Waals surface area contributed by atoms with Gasteiger partial charge in [0.05, 0.1) is 26.4 Å². The van der Waals surface area contributed by atoms with Gasteiger partial charge in [-0.3, -0.25) is 37.3 Å². The highest BCUT2D eigenvalue weighted by Gasteiger charge is 2.30. The number of rotatable bonds is 76. The van der Waals surface area contributed by atoms with E-state index in [4.69, 9.17) is 37.0 Å². The van der Waals surface area contributed by atoms with Crippen molar-refractivity contribution in [1.29, 1.82) is 0 Å². The molecule has 0 aromatic heterocycles. The summed E-state index contributed by atoms with van der Waals surface area (Å²) in [7, 11) is -10.0. The van der Waals surface area contributed by atoms with E-state index in [0.29, 0.717) is 32.1 Å². The van der Waals surface area contributed by atoms with Gasteiger partial charge in [0, 0.05) is 25.7 Å². The number of aliphatic hydroxyl groups is 1. The summed E-state index contributed by atoms with van der Waals surface area (Å²) >= 11 is 0. The van der Waals surface area contributed by atoms with E-state index in [9.17, 15) is 43.2 Å². The molecule has 0 aromatic carbocycles. The minimum atomic E-state index is -5.00. The summed E-state index contributed by atoms with van der Waals surface area (Å²) in [6, 6.07) is 0. The van der Waals surface area contributed by atoms with Gasteiger partial charge in [0.25, 0.3) is 0 Å². The van der Waals surface area contributed by atoms with Crippen molar-refractivity contribution >= 4 is 39.5 Å². The average Bonchev–Trinajstić information content (AvgIpc) is 0.887. The molecule has 19 heteroatoms. The van der Waals surface area contributed by atoms with E-state index in [-0.39, 0.29) is 25.7 Å². The van der Waals surface area contributed by atoms with Crippen molar-refractivity contribution < 1.29 is 80.2 Å². The second-order valence-electron chi connectivity index (χ2n) is 26.9. The van der Waals surface area contributed by atoms with Crippen LogP contribution in [0.2, 0.25) is 0 Å². The van der Waals surface area contributed by atoms with Gasteiger partial charge < -0.3 is 33.8 Å². The molecular formula is C89H146O17P2. The summed E-state index contributed by atoms with van der Waals surface area (Å²) in [6.07, 6.45) is 94.7. The zero-order valence-electron chi connectivity index (χ0n) is 67.2. The van der Waals surface area contributed by atoms with E-state index in [1.807, 2.05) is 12.2 Å². The molecule has 0 radical (unpaired) electrons. The number of phosphoric acid groups is 2. The van der Waals surface area contributed by atoms with Crippen LogP contribution in [0.3, 0.4) is 0 Å². The number of carbonyl (C=O) groups is 4. The lowest BCUT2D eigenvalue weighted by molar-refractivity contribution is -0.161. The fraction of sp³-hybridized carbons (Fsp3) is 0.640. The van der Waals surface area contributed by atoms with Gasteiger partial charge in [0.15, 0.2) is 12.2 Å². The predicted octanol–water partition coefficient (Wildman–Crippen LogP) is 24.6. The fourth-order valence-corrected chi connectivity index (χ4v) is 12.0. The summed E-state index contributed by atoms with van der Waals surface area (Å²) in [4.78, 5) is 73.2. The zero-order valence-corrected chi connectivity index (χ0v) is 69.0. The Hall–Kier alpha value is -5.58. The standard InChI is InChI=1S/C89H146O17P2/c1-5-9-13-17-21-25-29-33-36-39-41-44-47-51-54-58-62-66-70-74-87(92)100-80-85(106-89(94)76-72-68-64-60-56-52-48-45-42-40-37-34-30-26-22-18-14-10-6-2)82-104-108(97,98)102-78-83(90)77-101-107(95,96)103-81-84(105-88(93)75-71-67-63-59-55-49-32-28-24-20-16-12-8-4)79-99-86(91)73-69-65-61-57-53-50-46-43-38-35-31-27-23-19-15-11-7-3/h9-11,13-15,21-23,25-28,32-38,41-42,44-46,50,57,61,83-85,90H,5-8,12,16-20,24,29-31,39-40,43,47-49,51-56,58-60,62-82H2,1-4H3,(H,95,96)(H,97,98)/b13-9-,14-10-,15-11-,25-21-,26-22-,27-23-,32-28-,36-33-,37-34-,38-35-,44-41-,45-42-,50-46-,61-57-. The summed E-state index contributed by atoms with van der Waals surface area (Å²) < 4.78 is 68.7. The molecule has 0 aliphatic rings. The largest absolute Gasteiger partial charge is 0.472 e. The molecule has 0 aliphatic heterocycles. The Morgan fingerprint density at radius 1 is 0.269 bits per heavy atom. The molecule has 0 saturated heterocycles. The Labute approximate surface area is 654 Å². The van der Waals surface area contributed by atoms with Gasteiger partial charge in [-0.05, 0) is 167 Å². The van der Waals surface area contributed by atoms with Crippen LogP contribution < -0.4 is 0 Å². The highest BCUT2D eigenvalue weighted by Crippen LogP contribution is 2.45. The summed E-state index contributed by atoms with van der Waals surface area (Å²) in [6.45, 7) is 4.42. The van der Waals surface area contributed by atoms with Crippen LogP contribution in [0.4, 0.5) is 0 Å². The number of hydrogen-bond acceptors (Lipinski definition) is 15. The molecule has 0 bridgehead atoms. The Balaban J connectivity index is 5.45. The normalized spacial score (nSPS) is 14.7. The van der Waals surface area contributed by atoms with E-state index in [1.165, 1.54) is 25.7 Å². The van der Waals surface area contributed by atoms with Crippen LogP contribution in [0.1, 0.15) is 310 Å². The maximum atomic E-state index is 13.1. The lowest BCUT2D eigenvalue weighted by Gasteiger charge is -2.21. The van der Waals surface area contributed by atoms with Gasteiger partial charge in [-0.25, -0.2) is 9.13 Å². The van der Waals surface area contributed by atoms with E-state index >= 15 is 0 Å². The molecule has 108 heavy (non-hydrogen) atoms. The molecule has 0 saturated carbocycles. The van der Waals surface area contributed by atoms with Crippen LogP contribution in [0.5, 0.6) is 0 Å². The molecule has 0 aromatic rings. The van der Waals surface area contributed by atoms with Crippen molar-refractivity contribution in [1.82, 2.24) is 0 Å². The first-order valence-corrected chi connectivity index (χ1v) is 44.4. The van der Waals surface area contributed by atoms with Crippen molar-refractivity contribution in [2.45, 2.75) is 329 Å². The zero-order chi connectivity index (χ0) is 78.9. The first kappa shape index (κ1) is 102. The van der Waals surface area contributed by atoms with Gasteiger partial charge in [0.1, 0.15) is 19.3 Å². The van der Waals surface area contributed by atoms with Crippen molar-refractivity contribution in [3.63, 3.8) is 0 Å². The van der Waals surface area contributed by atoms with Crippen molar-refractivity contribution in [2.24, 2.45) is 0 Å². The Morgan fingerprint density at radius 2 is 0.491 bits per heavy atom. The maximum Gasteiger partial charge on any atom is 0.472 e. The smallest absolute Gasteiger partial charge is 0.462 e. The minimum absolute atomic E-state index is 0.0674. The van der Waals surface area contributed by atoms with Crippen molar-refractivity contribution in [2.75, 3.05) is 39.6 Å². The first-order valence-electron chi connectivity index (χ1n) is 41.4. The van der Waals surface area contributed by atoms with E-state index in [2.05, 4.69) is 186 Å². The molecule has 0 rings (SSSR count). The number of carbonyl (C=O) groups excluding carboxylic acids is 4. The van der Waals surface area contributed by atoms with Crippen molar-refractivity contribution in [3.05, 3.63) is 170 Å². The maximum absolute atomic E-state index is 13.1. The molecule has 614 valence electrons. The molecule has 0 heterocycles. The summed E-state index contributed by atoms with van der Waals surface area (Å²) in [5.41, 5.74) is 0. The fourth-order valence-electron chi connectivity index (χ4n) is 10.5. The third-order valence-electron chi connectivity index (χ3n) is 16.7. The molecule has 0 fully saturated rings. The summed E-state index contributed by atoms with van der Waals surface area (Å²) in [5, 5.41) is 10.7. The van der Waals surface area contributed by atoms with Crippen LogP contribution in [0.25, 0.3) is 0 Å². The number of aliphatic hydroxyl groups excluding tert-OH is 1. The quantitative estimate of drug-likeness (QED) is 0.0169. The third kappa shape index (κ3) is 78.5. The Kier molecular flexibility index (Phi) is 75.4. The topological polar surface area (TPSA) is 237 Å². The van der Waals surface area contributed by atoms with Crippen LogP contribution in [-0.4, -0.2) is 96.7 Å². The minimum Gasteiger partial charge on any atom is -0.462 e. The van der Waals surface area contributed by atoms with Gasteiger partial charge in [-0.1, -0.05) is 288 Å². The predicted molar refractivity (Wildman–Crippen MR) is 445 cm³/mol. The number of esters is 4. The van der Waals surface area contributed by atoms with Crippen LogP contribution in [0.15, 0.2) is 170 Å². The van der Waals surface area contributed by atoms with Gasteiger partial charge in [-0.15, -0.1) is 0 Å². The average molecular weight is 1550 g/mol. The molecule has 17 nitrogen and oxygen atoms in total. The lowest BCUT2D eigenvalue weighted by atomic mass is 10.1. The molecular weight excluding hydrogens is 1400 g/mol. The van der Waals surface area contributed by atoms with Gasteiger partial charge in [0.2, 0.25) is 0 Å². The molecule has 0 spiro atoms. The number of allylic oxidation sites excluding steroid dienone is 28. The molecule has 5 unspecified atom stereocenters. The monoisotopic (exact) mass is 1550 g/mol. The second kappa shape index (κ2) is 79.5. The van der Waals surface area contributed by atoms with Crippen molar-refractivity contribution in [3.8, 4) is 0 Å². The lowest BCUT2D eigenvalue weighted by Crippen LogP contribution is -2.30. The van der Waals surface area contributed by atoms with Gasteiger partial charge >= 0.3 is 39.5 Å². The van der Waals surface area contributed by atoms with E-state index in [0.717, 1.165) is 199 Å². The SMILES string of the molecule is CC/C=C\C/C=C\C/C=C\C/C=C\C/C=C\CCCC(=O)OCC(COP(=O)(O)OCC(O)COP(=O)(O)OCC(COC(=O)CCCCCCCC/C=C\C/C=C\C/C=C\C/C=C\CC)OC(=O)CCCCCCCC/C=C\C/C=C\C/C=C\C/C=C\CC)OC(=O)CCCCCCC/C=C\CCCCCC. The summed E-state index contributed by atoms with van der Waals surface area (Å²) in [5.74, 6) is -2.29. The molecule has 3 N–H and O–H groups in total. The molecule has 0 amide bonds. The first-order chi connectivity index (χ1) is 52.7. The Morgan fingerprint density at radius 3 is 0.787 bits per heavy atom. The molecule has 0 aliphatic carbocycles. The highest BCUT2D eigenvalue weighted by molar-refractivity contribution is 7.47. The second-order valence-corrected chi connectivity index (χ2v) is 29.8. The van der Waals surface area contributed by atoms with Gasteiger partial charge in [-0.2, -0.15) is 0 Å². The van der Waals surface area contributed by atoms with E-state index in [1.54, 1.807) is 0 Å². The number of phosphoric ester groups is 2. The third-order valence-corrected chi connectivity index (χ3v) is 18.6. The molecule has 5 atom stereocenters. The number of hydrogen-bond donors (Lipinski definition) is 3. The Bertz CT molecular complexity index is 2710. The number of unbranched alkanes of at least 4 members (excludes halogenated alkanes) is 22. The van der Waals surface area contributed by atoms with Crippen LogP contribution >= 0.6 is 15.6 Å². The highest BCUT2D eigenvalue weighted by atomic mass is 31.2. The van der Waals surface area contributed by atoms with E-state index < -0.39 is 97.5 Å². The number of ether oxygens (including phenoxy) is 4. The van der Waals surface area contributed by atoms with Crippen LogP contribution in [0, 0.1) is 0 Å². The van der Waals surface area contributed by atoms with Crippen LogP contribution in [-0.2, 0) is 65.4 Å².